The summed E-state index contributed by atoms with van der Waals surface area (Å²) < 4.78 is 10.6. The van der Waals surface area contributed by atoms with Crippen molar-refractivity contribution in [1.82, 2.24) is 0 Å². The van der Waals surface area contributed by atoms with Crippen LogP contribution in [0.4, 0.5) is 0 Å². The Hall–Kier alpha value is -1.02. The number of hydrogen-bond donors (Lipinski definition) is 0. The minimum absolute atomic E-state index is 0.761. The predicted octanol–water partition coefficient (Wildman–Crippen LogP) is 2.66. The summed E-state index contributed by atoms with van der Waals surface area (Å²) in [6, 6.07) is 8.19. The van der Waals surface area contributed by atoms with Gasteiger partial charge in [0, 0.05) is 7.11 Å². The van der Waals surface area contributed by atoms with Crippen molar-refractivity contribution in [1.29, 1.82) is 0 Å². The van der Waals surface area contributed by atoms with Gasteiger partial charge < -0.3 is 9.47 Å². The largest absolute Gasteiger partial charge is 0.494 e. The van der Waals surface area contributed by atoms with Gasteiger partial charge in [0.25, 0.3) is 0 Å². The highest BCUT2D eigenvalue weighted by Gasteiger charge is 1.96. The van der Waals surface area contributed by atoms with Gasteiger partial charge in [-0.2, -0.15) is 0 Å². The molecule has 0 saturated heterocycles. The molecule has 0 aliphatic carbocycles. The van der Waals surface area contributed by atoms with E-state index in [0.717, 1.165) is 31.8 Å². The molecule has 1 rings (SSSR count). The molecule has 0 aliphatic heterocycles. The van der Waals surface area contributed by atoms with E-state index in [9.17, 15) is 0 Å². The lowest BCUT2D eigenvalue weighted by Crippen LogP contribution is -1.97. The molecule has 0 radical (unpaired) electrons. The first-order valence-electron chi connectivity index (χ1n) is 5.07. The Morgan fingerprint density at radius 2 is 2.07 bits per heavy atom. The highest BCUT2D eigenvalue weighted by molar-refractivity contribution is 5.28. The van der Waals surface area contributed by atoms with Gasteiger partial charge in [0.1, 0.15) is 5.75 Å². The maximum absolute atomic E-state index is 5.53. The average molecular weight is 194 g/mol. The van der Waals surface area contributed by atoms with Crippen LogP contribution in [0.5, 0.6) is 5.75 Å². The van der Waals surface area contributed by atoms with Crippen molar-refractivity contribution >= 4 is 0 Å². The summed E-state index contributed by atoms with van der Waals surface area (Å²) in [5, 5.41) is 0. The highest BCUT2D eigenvalue weighted by Crippen LogP contribution is 2.13. The van der Waals surface area contributed by atoms with Crippen molar-refractivity contribution in [3.05, 3.63) is 29.8 Å². The Morgan fingerprint density at radius 3 is 2.79 bits per heavy atom. The van der Waals surface area contributed by atoms with E-state index in [2.05, 4.69) is 19.1 Å². The van der Waals surface area contributed by atoms with E-state index in [1.54, 1.807) is 7.11 Å². The van der Waals surface area contributed by atoms with Crippen LogP contribution in [0.3, 0.4) is 0 Å². The topological polar surface area (TPSA) is 18.5 Å². The molecule has 0 aliphatic rings. The van der Waals surface area contributed by atoms with Gasteiger partial charge in [-0.05, 0) is 30.5 Å². The molecule has 0 atom stereocenters. The van der Waals surface area contributed by atoms with Gasteiger partial charge in [-0.1, -0.05) is 19.1 Å². The predicted molar refractivity (Wildman–Crippen MR) is 57.8 cm³/mol. The molecule has 0 unspecified atom stereocenters. The molecule has 2 nitrogen and oxygen atoms in total. The third kappa shape index (κ3) is 3.79. The van der Waals surface area contributed by atoms with Crippen molar-refractivity contribution in [2.75, 3.05) is 20.3 Å². The van der Waals surface area contributed by atoms with Crippen LogP contribution < -0.4 is 4.74 Å². The number of rotatable bonds is 6. The van der Waals surface area contributed by atoms with Gasteiger partial charge in [-0.15, -0.1) is 0 Å². The summed E-state index contributed by atoms with van der Waals surface area (Å²) in [7, 11) is 1.72. The first-order chi connectivity index (χ1) is 6.86. The summed E-state index contributed by atoms with van der Waals surface area (Å²) in [6.07, 6.45) is 1.99. The molecule has 0 fully saturated rings. The van der Waals surface area contributed by atoms with E-state index >= 15 is 0 Å². The van der Waals surface area contributed by atoms with Gasteiger partial charge in [0.15, 0.2) is 0 Å². The van der Waals surface area contributed by atoms with E-state index < -0.39 is 0 Å². The maximum Gasteiger partial charge on any atom is 0.119 e. The number of ether oxygens (including phenoxy) is 2. The molecular formula is C12H18O2. The lowest BCUT2D eigenvalue weighted by molar-refractivity contribution is 0.202. The molecule has 0 amide bonds. The summed E-state index contributed by atoms with van der Waals surface area (Å²) >= 11 is 0. The van der Waals surface area contributed by atoms with Gasteiger partial charge >= 0.3 is 0 Å². The summed E-state index contributed by atoms with van der Waals surface area (Å²) in [4.78, 5) is 0. The SMILES string of the molecule is CCCOc1cccc(CCOC)c1. The van der Waals surface area contributed by atoms with Crippen molar-refractivity contribution in [2.45, 2.75) is 19.8 Å². The molecule has 78 valence electrons. The third-order valence-corrected chi connectivity index (χ3v) is 1.97. The second-order valence-corrected chi connectivity index (χ2v) is 3.24. The van der Waals surface area contributed by atoms with Crippen LogP contribution in [0.15, 0.2) is 24.3 Å². The lowest BCUT2D eigenvalue weighted by Gasteiger charge is -2.06. The Morgan fingerprint density at radius 1 is 1.21 bits per heavy atom. The fourth-order valence-corrected chi connectivity index (χ4v) is 1.23. The zero-order chi connectivity index (χ0) is 10.2. The molecule has 0 saturated carbocycles. The first kappa shape index (κ1) is 11.1. The smallest absolute Gasteiger partial charge is 0.119 e. The maximum atomic E-state index is 5.53. The van der Waals surface area contributed by atoms with Crippen LogP contribution in [0.1, 0.15) is 18.9 Å². The molecule has 0 heterocycles. The minimum atomic E-state index is 0.761. The molecule has 2 heteroatoms. The second-order valence-electron chi connectivity index (χ2n) is 3.24. The average Bonchev–Trinajstić information content (AvgIpc) is 2.24. The normalized spacial score (nSPS) is 10.1. The van der Waals surface area contributed by atoms with Gasteiger partial charge in [0.2, 0.25) is 0 Å². The van der Waals surface area contributed by atoms with E-state index in [0.29, 0.717) is 0 Å². The molecule has 0 N–H and O–H groups in total. The van der Waals surface area contributed by atoms with Crippen LogP contribution in [0.25, 0.3) is 0 Å². The highest BCUT2D eigenvalue weighted by atomic mass is 16.5. The Bertz CT molecular complexity index is 235. The monoisotopic (exact) mass is 194 g/mol. The van der Waals surface area contributed by atoms with Crippen LogP contribution in [-0.2, 0) is 11.2 Å². The number of methoxy groups -OCH3 is 1. The summed E-state index contributed by atoms with van der Waals surface area (Å²) in [5.74, 6) is 0.959. The molecule has 0 bridgehead atoms. The minimum Gasteiger partial charge on any atom is -0.494 e. The molecule has 0 spiro atoms. The summed E-state index contributed by atoms with van der Waals surface area (Å²) in [5.41, 5.74) is 1.26. The Labute approximate surface area is 85.8 Å². The number of hydrogen-bond acceptors (Lipinski definition) is 2. The quantitative estimate of drug-likeness (QED) is 0.693. The van der Waals surface area contributed by atoms with Crippen molar-refractivity contribution in [3.8, 4) is 5.75 Å². The molecule has 1 aromatic rings. The van der Waals surface area contributed by atoms with E-state index in [1.165, 1.54) is 5.56 Å². The van der Waals surface area contributed by atoms with E-state index in [4.69, 9.17) is 9.47 Å². The van der Waals surface area contributed by atoms with Crippen LogP contribution >= 0.6 is 0 Å². The van der Waals surface area contributed by atoms with Gasteiger partial charge in [0.05, 0.1) is 13.2 Å². The Kier molecular flexibility index (Phi) is 5.08. The van der Waals surface area contributed by atoms with Crippen molar-refractivity contribution < 1.29 is 9.47 Å². The molecular weight excluding hydrogens is 176 g/mol. The van der Waals surface area contributed by atoms with Crippen molar-refractivity contribution in [2.24, 2.45) is 0 Å². The molecule has 0 aromatic heterocycles. The van der Waals surface area contributed by atoms with Crippen LogP contribution in [-0.4, -0.2) is 20.3 Å². The Balaban J connectivity index is 2.50. The lowest BCUT2D eigenvalue weighted by atomic mass is 10.1. The van der Waals surface area contributed by atoms with Crippen molar-refractivity contribution in [3.63, 3.8) is 0 Å². The number of benzene rings is 1. The molecule has 14 heavy (non-hydrogen) atoms. The zero-order valence-corrected chi connectivity index (χ0v) is 8.95. The van der Waals surface area contributed by atoms with Crippen LogP contribution in [0, 0.1) is 0 Å². The summed E-state index contributed by atoms with van der Waals surface area (Å²) in [6.45, 7) is 3.65. The standard InChI is InChI=1S/C12H18O2/c1-3-8-14-12-6-4-5-11(10-12)7-9-13-2/h4-6,10H,3,7-9H2,1-2H3. The second kappa shape index (κ2) is 6.44. The van der Waals surface area contributed by atoms with Gasteiger partial charge in [-0.3, -0.25) is 0 Å². The van der Waals surface area contributed by atoms with Crippen LogP contribution in [0.2, 0.25) is 0 Å². The van der Waals surface area contributed by atoms with Gasteiger partial charge in [-0.25, -0.2) is 0 Å². The first-order valence-corrected chi connectivity index (χ1v) is 5.07. The van der Waals surface area contributed by atoms with E-state index in [-0.39, 0.29) is 0 Å². The zero-order valence-electron chi connectivity index (χ0n) is 8.95. The third-order valence-electron chi connectivity index (χ3n) is 1.97. The van der Waals surface area contributed by atoms with E-state index in [1.807, 2.05) is 12.1 Å². The fraction of sp³-hybridized carbons (Fsp3) is 0.500. The molecule has 1 aromatic carbocycles. The fourth-order valence-electron chi connectivity index (χ4n) is 1.23.